The van der Waals surface area contributed by atoms with Gasteiger partial charge in [0.1, 0.15) is 11.9 Å². The summed E-state index contributed by atoms with van der Waals surface area (Å²) in [5, 5.41) is 10.8. The molecule has 0 bridgehead atoms. The van der Waals surface area contributed by atoms with Crippen LogP contribution in [0.4, 0.5) is 4.39 Å². The molecule has 0 radical (unpaired) electrons. The SMILES string of the molecule is Cc1cc(F)cc(C)c1C(O)c1cc2c(s1)CCCCC2. The molecule has 0 saturated heterocycles. The van der Waals surface area contributed by atoms with Crippen LogP contribution in [0.25, 0.3) is 0 Å². The number of thiophene rings is 1. The lowest BCUT2D eigenvalue weighted by Crippen LogP contribution is -2.03. The number of hydrogen-bond donors (Lipinski definition) is 1. The van der Waals surface area contributed by atoms with Gasteiger partial charge in [-0.15, -0.1) is 11.3 Å². The average Bonchev–Trinajstić information content (AvgIpc) is 2.69. The van der Waals surface area contributed by atoms with Gasteiger partial charge in [0.2, 0.25) is 0 Å². The van der Waals surface area contributed by atoms with Crippen molar-refractivity contribution in [2.45, 2.75) is 52.1 Å². The van der Waals surface area contributed by atoms with Crippen LogP contribution in [0.1, 0.15) is 57.4 Å². The highest BCUT2D eigenvalue weighted by Crippen LogP contribution is 2.36. The third kappa shape index (κ3) is 2.90. The van der Waals surface area contributed by atoms with Gasteiger partial charge in [0.25, 0.3) is 0 Å². The van der Waals surface area contributed by atoms with Crippen molar-refractivity contribution in [1.82, 2.24) is 0 Å². The fourth-order valence-corrected chi connectivity index (χ4v) is 4.57. The van der Waals surface area contributed by atoms with Crippen molar-refractivity contribution < 1.29 is 9.50 Å². The zero-order chi connectivity index (χ0) is 15.0. The third-order valence-electron chi connectivity index (χ3n) is 4.37. The number of fused-ring (bicyclic) bond motifs is 1. The number of aliphatic hydroxyl groups is 1. The maximum absolute atomic E-state index is 13.4. The molecule has 21 heavy (non-hydrogen) atoms. The zero-order valence-corrected chi connectivity index (χ0v) is 13.4. The van der Waals surface area contributed by atoms with E-state index >= 15 is 0 Å². The maximum Gasteiger partial charge on any atom is 0.123 e. The molecule has 112 valence electrons. The molecule has 0 amide bonds. The second kappa shape index (κ2) is 5.90. The summed E-state index contributed by atoms with van der Waals surface area (Å²) in [7, 11) is 0. The second-order valence-electron chi connectivity index (χ2n) is 6.01. The fourth-order valence-electron chi connectivity index (χ4n) is 3.32. The second-order valence-corrected chi connectivity index (χ2v) is 7.18. The lowest BCUT2D eigenvalue weighted by atomic mass is 9.96. The van der Waals surface area contributed by atoms with E-state index in [0.717, 1.165) is 34.4 Å². The topological polar surface area (TPSA) is 20.2 Å². The maximum atomic E-state index is 13.4. The first-order valence-electron chi connectivity index (χ1n) is 7.62. The van der Waals surface area contributed by atoms with Crippen molar-refractivity contribution in [3.05, 3.63) is 56.0 Å². The minimum absolute atomic E-state index is 0.233. The van der Waals surface area contributed by atoms with Gasteiger partial charge < -0.3 is 5.11 Å². The third-order valence-corrected chi connectivity index (χ3v) is 5.66. The van der Waals surface area contributed by atoms with Crippen molar-refractivity contribution in [1.29, 1.82) is 0 Å². The molecule has 0 aliphatic heterocycles. The van der Waals surface area contributed by atoms with E-state index in [1.54, 1.807) is 11.3 Å². The van der Waals surface area contributed by atoms with Crippen LogP contribution in [-0.2, 0) is 12.8 Å². The number of rotatable bonds is 2. The van der Waals surface area contributed by atoms with Gasteiger partial charge in [0, 0.05) is 9.75 Å². The molecule has 1 unspecified atom stereocenters. The Morgan fingerprint density at radius 2 is 1.71 bits per heavy atom. The molecule has 1 aliphatic carbocycles. The number of benzene rings is 1. The smallest absolute Gasteiger partial charge is 0.123 e. The Morgan fingerprint density at radius 3 is 2.43 bits per heavy atom. The van der Waals surface area contributed by atoms with Gasteiger partial charge >= 0.3 is 0 Å². The van der Waals surface area contributed by atoms with E-state index in [2.05, 4.69) is 6.07 Å². The Bertz CT molecular complexity index is 613. The highest BCUT2D eigenvalue weighted by molar-refractivity contribution is 7.12. The molecule has 0 fully saturated rings. The van der Waals surface area contributed by atoms with Crippen LogP contribution in [0.5, 0.6) is 0 Å². The van der Waals surface area contributed by atoms with E-state index in [1.165, 1.54) is 41.8 Å². The van der Waals surface area contributed by atoms with Crippen LogP contribution >= 0.6 is 11.3 Å². The van der Waals surface area contributed by atoms with E-state index in [1.807, 2.05) is 13.8 Å². The normalized spacial score (nSPS) is 16.4. The molecule has 1 aromatic carbocycles. The van der Waals surface area contributed by atoms with Crippen molar-refractivity contribution in [3.8, 4) is 0 Å². The van der Waals surface area contributed by atoms with E-state index in [4.69, 9.17) is 0 Å². The van der Waals surface area contributed by atoms with Crippen molar-refractivity contribution in [2.24, 2.45) is 0 Å². The van der Waals surface area contributed by atoms with Crippen LogP contribution in [0.2, 0.25) is 0 Å². The summed E-state index contributed by atoms with van der Waals surface area (Å²) >= 11 is 1.73. The summed E-state index contributed by atoms with van der Waals surface area (Å²) in [5.74, 6) is -0.233. The van der Waals surface area contributed by atoms with Gasteiger partial charge in [-0.3, -0.25) is 0 Å². The fraction of sp³-hybridized carbons (Fsp3) is 0.444. The standard InChI is InChI=1S/C18H21FOS/c1-11-8-14(19)9-12(2)17(11)18(20)16-10-13-6-4-3-5-7-15(13)21-16/h8-10,18,20H,3-7H2,1-2H3. The van der Waals surface area contributed by atoms with E-state index < -0.39 is 6.10 Å². The van der Waals surface area contributed by atoms with Gasteiger partial charge in [-0.1, -0.05) is 6.42 Å². The molecular formula is C18H21FOS. The minimum atomic E-state index is -0.637. The molecule has 2 aromatic rings. The molecule has 3 rings (SSSR count). The van der Waals surface area contributed by atoms with Gasteiger partial charge in [0.05, 0.1) is 0 Å². The molecule has 0 spiro atoms. The average molecular weight is 304 g/mol. The Morgan fingerprint density at radius 1 is 1.05 bits per heavy atom. The summed E-state index contributed by atoms with van der Waals surface area (Å²) in [6, 6.07) is 5.17. The Hall–Kier alpha value is -1.19. The number of halogens is 1. The van der Waals surface area contributed by atoms with Crippen LogP contribution in [0, 0.1) is 19.7 Å². The highest BCUT2D eigenvalue weighted by atomic mass is 32.1. The van der Waals surface area contributed by atoms with Crippen LogP contribution in [-0.4, -0.2) is 5.11 Å². The molecule has 1 aromatic heterocycles. The molecule has 3 heteroatoms. The summed E-state index contributed by atoms with van der Waals surface area (Å²) < 4.78 is 13.4. The number of hydrogen-bond acceptors (Lipinski definition) is 2. The predicted octanol–water partition coefficient (Wildman–Crippen LogP) is 4.85. The molecule has 0 saturated carbocycles. The molecular weight excluding hydrogens is 283 g/mol. The Kier molecular flexibility index (Phi) is 4.14. The van der Waals surface area contributed by atoms with Gasteiger partial charge in [-0.05, 0) is 80.0 Å². The van der Waals surface area contributed by atoms with Gasteiger partial charge in [-0.2, -0.15) is 0 Å². The quantitative estimate of drug-likeness (QED) is 0.786. The van der Waals surface area contributed by atoms with Crippen LogP contribution in [0.15, 0.2) is 18.2 Å². The lowest BCUT2D eigenvalue weighted by molar-refractivity contribution is 0.222. The molecule has 1 atom stereocenters. The monoisotopic (exact) mass is 304 g/mol. The van der Waals surface area contributed by atoms with Crippen molar-refractivity contribution in [2.75, 3.05) is 0 Å². The van der Waals surface area contributed by atoms with Crippen LogP contribution < -0.4 is 0 Å². The zero-order valence-electron chi connectivity index (χ0n) is 12.6. The first kappa shape index (κ1) is 14.7. The minimum Gasteiger partial charge on any atom is -0.383 e. The van der Waals surface area contributed by atoms with E-state index in [9.17, 15) is 9.50 Å². The highest BCUT2D eigenvalue weighted by Gasteiger charge is 2.21. The summed E-state index contributed by atoms with van der Waals surface area (Å²) in [6.07, 6.45) is 5.41. The van der Waals surface area contributed by atoms with E-state index in [-0.39, 0.29) is 5.82 Å². The lowest BCUT2D eigenvalue weighted by Gasteiger charge is -2.15. The first-order valence-corrected chi connectivity index (χ1v) is 8.44. The largest absolute Gasteiger partial charge is 0.383 e. The molecule has 1 N–H and O–H groups in total. The summed E-state index contributed by atoms with van der Waals surface area (Å²) in [4.78, 5) is 2.43. The molecule has 1 heterocycles. The van der Waals surface area contributed by atoms with Crippen LogP contribution in [0.3, 0.4) is 0 Å². The van der Waals surface area contributed by atoms with Crippen molar-refractivity contribution in [3.63, 3.8) is 0 Å². The molecule has 1 aliphatic rings. The Labute approximate surface area is 129 Å². The Balaban J connectivity index is 1.97. The number of aliphatic hydroxyl groups excluding tert-OH is 1. The van der Waals surface area contributed by atoms with Gasteiger partial charge in [0.15, 0.2) is 0 Å². The number of aryl methyl sites for hydroxylation is 4. The van der Waals surface area contributed by atoms with Gasteiger partial charge in [-0.25, -0.2) is 4.39 Å². The first-order chi connectivity index (χ1) is 10.1. The van der Waals surface area contributed by atoms with E-state index in [0.29, 0.717) is 0 Å². The summed E-state index contributed by atoms with van der Waals surface area (Å²) in [6.45, 7) is 3.74. The predicted molar refractivity (Wildman–Crippen MR) is 85.5 cm³/mol. The van der Waals surface area contributed by atoms with Crippen molar-refractivity contribution >= 4 is 11.3 Å². The summed E-state index contributed by atoms with van der Waals surface area (Å²) in [5.41, 5.74) is 3.91. The molecule has 1 nitrogen and oxygen atoms in total.